The fourth-order valence-corrected chi connectivity index (χ4v) is 3.40. The maximum Gasteiger partial charge on any atom is 0.228 e. The number of hydrogen-bond donors (Lipinski definition) is 1. The van der Waals surface area contributed by atoms with Crippen LogP contribution >= 0.6 is 0 Å². The van der Waals surface area contributed by atoms with Gasteiger partial charge in [0.2, 0.25) is 5.95 Å². The minimum atomic E-state index is 0.679. The van der Waals surface area contributed by atoms with E-state index in [1.165, 1.54) is 0 Å². The number of benzene rings is 1. The van der Waals surface area contributed by atoms with Gasteiger partial charge in [-0.1, -0.05) is 19.1 Å². The maximum atomic E-state index is 5.50. The van der Waals surface area contributed by atoms with Crippen LogP contribution in [-0.2, 0) is 11.2 Å². The second-order valence-corrected chi connectivity index (χ2v) is 6.75. The van der Waals surface area contributed by atoms with E-state index < -0.39 is 0 Å². The molecule has 3 aromatic rings. The number of rotatable bonds is 6. The zero-order chi connectivity index (χ0) is 20.1. The monoisotopic (exact) mass is 391 g/mol. The first-order valence-electron chi connectivity index (χ1n) is 9.83. The molecule has 0 saturated carbocycles. The molecule has 0 spiro atoms. The molecular weight excluding hydrogens is 366 g/mol. The van der Waals surface area contributed by atoms with Gasteiger partial charge in [0.15, 0.2) is 0 Å². The van der Waals surface area contributed by atoms with Crippen molar-refractivity contribution in [2.45, 2.75) is 13.3 Å². The highest BCUT2D eigenvalue weighted by Crippen LogP contribution is 2.32. The van der Waals surface area contributed by atoms with Crippen molar-refractivity contribution < 1.29 is 9.47 Å². The van der Waals surface area contributed by atoms with Crippen molar-refractivity contribution in [1.82, 2.24) is 15.0 Å². The Kier molecular flexibility index (Phi) is 5.86. The quantitative estimate of drug-likeness (QED) is 0.687. The molecule has 29 heavy (non-hydrogen) atoms. The second-order valence-electron chi connectivity index (χ2n) is 6.75. The standard InChI is InChI=1S/C22H25N5O2/c1-3-19-20(16-6-4-8-18(14-16)28-2)25-22(27-10-12-29-13-11-27)26-21(19)24-17-7-5-9-23-15-17/h4-9,14-15H,3,10-13H2,1-2H3,(H,24,25,26). The summed E-state index contributed by atoms with van der Waals surface area (Å²) < 4.78 is 10.9. The minimum absolute atomic E-state index is 0.679. The topological polar surface area (TPSA) is 72.4 Å². The summed E-state index contributed by atoms with van der Waals surface area (Å²) in [5.41, 5.74) is 3.87. The Morgan fingerprint density at radius 2 is 2.00 bits per heavy atom. The van der Waals surface area contributed by atoms with Crippen LogP contribution in [0.1, 0.15) is 12.5 Å². The molecule has 0 amide bonds. The Morgan fingerprint density at radius 3 is 2.72 bits per heavy atom. The van der Waals surface area contributed by atoms with Gasteiger partial charge in [0.25, 0.3) is 0 Å². The molecule has 3 heterocycles. The van der Waals surface area contributed by atoms with Gasteiger partial charge in [-0.05, 0) is 30.7 Å². The van der Waals surface area contributed by atoms with Crippen molar-refractivity contribution in [2.75, 3.05) is 43.6 Å². The third-order valence-corrected chi connectivity index (χ3v) is 4.91. The van der Waals surface area contributed by atoms with Gasteiger partial charge in [0.05, 0.1) is 37.9 Å². The average molecular weight is 391 g/mol. The molecule has 7 heteroatoms. The van der Waals surface area contributed by atoms with Gasteiger partial charge in [0.1, 0.15) is 11.6 Å². The number of ether oxygens (including phenoxy) is 2. The third-order valence-electron chi connectivity index (χ3n) is 4.91. The van der Waals surface area contributed by atoms with E-state index in [2.05, 4.69) is 28.2 Å². The van der Waals surface area contributed by atoms with Crippen LogP contribution in [0.3, 0.4) is 0 Å². The average Bonchev–Trinajstić information content (AvgIpc) is 2.80. The smallest absolute Gasteiger partial charge is 0.228 e. The van der Waals surface area contributed by atoms with E-state index in [9.17, 15) is 0 Å². The molecule has 1 fully saturated rings. The highest BCUT2D eigenvalue weighted by Gasteiger charge is 2.20. The van der Waals surface area contributed by atoms with Crippen molar-refractivity contribution in [2.24, 2.45) is 0 Å². The molecule has 1 N–H and O–H groups in total. The first-order valence-corrected chi connectivity index (χ1v) is 9.83. The summed E-state index contributed by atoms with van der Waals surface area (Å²) in [5, 5.41) is 3.44. The molecule has 0 aliphatic carbocycles. The molecule has 1 aromatic carbocycles. The van der Waals surface area contributed by atoms with E-state index in [0.29, 0.717) is 19.2 Å². The number of pyridine rings is 1. The van der Waals surface area contributed by atoms with Crippen molar-refractivity contribution in [3.63, 3.8) is 0 Å². The molecule has 150 valence electrons. The third kappa shape index (κ3) is 4.30. The van der Waals surface area contributed by atoms with Gasteiger partial charge < -0.3 is 19.7 Å². The lowest BCUT2D eigenvalue weighted by Crippen LogP contribution is -2.37. The first-order chi connectivity index (χ1) is 14.3. The van der Waals surface area contributed by atoms with E-state index in [-0.39, 0.29) is 0 Å². The van der Waals surface area contributed by atoms with Crippen molar-refractivity contribution in [1.29, 1.82) is 0 Å². The highest BCUT2D eigenvalue weighted by molar-refractivity contribution is 5.73. The fraction of sp³-hybridized carbons (Fsp3) is 0.318. The zero-order valence-electron chi connectivity index (χ0n) is 16.8. The largest absolute Gasteiger partial charge is 0.497 e. The van der Waals surface area contributed by atoms with Crippen LogP contribution in [0.5, 0.6) is 5.75 Å². The SMILES string of the molecule is CCc1c(Nc2cccnc2)nc(N2CCOCC2)nc1-c1cccc(OC)c1. The number of aromatic nitrogens is 3. The van der Waals surface area contributed by atoms with Crippen LogP contribution in [0.4, 0.5) is 17.5 Å². The minimum Gasteiger partial charge on any atom is -0.497 e. The molecule has 1 aliphatic rings. The Balaban J connectivity index is 1.83. The van der Waals surface area contributed by atoms with Gasteiger partial charge in [0, 0.05) is 30.4 Å². The molecule has 7 nitrogen and oxygen atoms in total. The highest BCUT2D eigenvalue weighted by atomic mass is 16.5. The van der Waals surface area contributed by atoms with Gasteiger partial charge in [-0.2, -0.15) is 4.98 Å². The van der Waals surface area contributed by atoms with Crippen LogP contribution in [0.25, 0.3) is 11.3 Å². The zero-order valence-corrected chi connectivity index (χ0v) is 16.8. The molecular formula is C22H25N5O2. The second kappa shape index (κ2) is 8.87. The lowest BCUT2D eigenvalue weighted by atomic mass is 10.0. The first kappa shape index (κ1) is 19.1. The molecule has 1 saturated heterocycles. The van der Waals surface area contributed by atoms with E-state index in [4.69, 9.17) is 19.4 Å². The van der Waals surface area contributed by atoms with Crippen LogP contribution in [0, 0.1) is 0 Å². The summed E-state index contributed by atoms with van der Waals surface area (Å²) in [6, 6.07) is 11.9. The molecule has 2 aromatic heterocycles. The number of nitrogens with one attached hydrogen (secondary N) is 1. The maximum absolute atomic E-state index is 5.50. The number of methoxy groups -OCH3 is 1. The predicted octanol–water partition coefficient (Wildman–Crippen LogP) is 3.69. The lowest BCUT2D eigenvalue weighted by molar-refractivity contribution is 0.122. The van der Waals surface area contributed by atoms with Crippen LogP contribution in [0.2, 0.25) is 0 Å². The number of hydrogen-bond acceptors (Lipinski definition) is 7. The number of nitrogens with zero attached hydrogens (tertiary/aromatic N) is 4. The number of anilines is 3. The molecule has 0 atom stereocenters. The molecule has 0 bridgehead atoms. The summed E-state index contributed by atoms with van der Waals surface area (Å²) in [5.74, 6) is 2.31. The van der Waals surface area contributed by atoms with Gasteiger partial charge >= 0.3 is 0 Å². The van der Waals surface area contributed by atoms with Gasteiger partial charge in [-0.15, -0.1) is 0 Å². The summed E-state index contributed by atoms with van der Waals surface area (Å²) in [6.45, 7) is 5.02. The summed E-state index contributed by atoms with van der Waals surface area (Å²) in [7, 11) is 1.67. The molecule has 4 rings (SSSR count). The Morgan fingerprint density at radius 1 is 1.14 bits per heavy atom. The molecule has 1 aliphatic heterocycles. The summed E-state index contributed by atoms with van der Waals surface area (Å²) in [6.07, 6.45) is 4.34. The van der Waals surface area contributed by atoms with E-state index in [1.54, 1.807) is 19.5 Å². The fourth-order valence-electron chi connectivity index (χ4n) is 3.40. The van der Waals surface area contributed by atoms with Crippen molar-refractivity contribution >= 4 is 17.5 Å². The van der Waals surface area contributed by atoms with Gasteiger partial charge in [-0.3, -0.25) is 4.98 Å². The normalized spacial score (nSPS) is 13.9. The van der Waals surface area contributed by atoms with Crippen LogP contribution < -0.4 is 15.0 Å². The predicted molar refractivity (Wildman–Crippen MR) is 114 cm³/mol. The van der Waals surface area contributed by atoms with E-state index in [1.807, 2.05) is 30.3 Å². The van der Waals surface area contributed by atoms with Crippen LogP contribution in [-0.4, -0.2) is 48.4 Å². The van der Waals surface area contributed by atoms with E-state index >= 15 is 0 Å². The summed E-state index contributed by atoms with van der Waals surface area (Å²) in [4.78, 5) is 16.2. The van der Waals surface area contributed by atoms with Crippen molar-refractivity contribution in [3.8, 4) is 17.0 Å². The number of morpholine rings is 1. The molecule has 0 unspecified atom stereocenters. The van der Waals surface area contributed by atoms with Crippen LogP contribution in [0.15, 0.2) is 48.8 Å². The van der Waals surface area contributed by atoms with Gasteiger partial charge in [-0.25, -0.2) is 4.98 Å². The lowest BCUT2D eigenvalue weighted by Gasteiger charge is -2.28. The Hall–Kier alpha value is -3.19. The van der Waals surface area contributed by atoms with E-state index in [0.717, 1.165) is 53.6 Å². The van der Waals surface area contributed by atoms with Crippen molar-refractivity contribution in [3.05, 3.63) is 54.4 Å². The Bertz CT molecular complexity index is 959. The Labute approximate surface area is 170 Å². The molecule has 0 radical (unpaired) electrons. The summed E-state index contributed by atoms with van der Waals surface area (Å²) >= 11 is 0.